The van der Waals surface area contributed by atoms with Crippen molar-refractivity contribution in [2.75, 3.05) is 18.5 Å². The van der Waals surface area contributed by atoms with Crippen LogP contribution in [-0.2, 0) is 38.1 Å². The molecule has 14 nitrogen and oxygen atoms in total. The zero-order valence-electron chi connectivity index (χ0n) is 23.5. The Morgan fingerprint density at radius 2 is 1.39 bits per heavy atom. The summed E-state index contributed by atoms with van der Waals surface area (Å²) in [6.45, 7) is 7.72. The Morgan fingerprint density at radius 3 is 1.93 bits per heavy atom. The van der Waals surface area contributed by atoms with Gasteiger partial charge in [0.25, 0.3) is 5.69 Å². The molecule has 2 rings (SSSR count). The highest BCUT2D eigenvalue weighted by Crippen LogP contribution is 2.31. The normalized spacial score (nSPS) is 13.0. The number of hydrogen-bond acceptors (Lipinski definition) is 13. The van der Waals surface area contributed by atoms with E-state index in [1.807, 2.05) is 13.8 Å². The first-order valence-electron chi connectivity index (χ1n) is 12.4. The molecule has 0 saturated heterocycles. The predicted molar refractivity (Wildman–Crippen MR) is 145 cm³/mol. The van der Waals surface area contributed by atoms with Gasteiger partial charge in [0, 0.05) is 39.8 Å². The van der Waals surface area contributed by atoms with Crippen LogP contribution in [0.3, 0.4) is 0 Å². The number of anilines is 1. The summed E-state index contributed by atoms with van der Waals surface area (Å²) in [7, 11) is 0. The summed E-state index contributed by atoms with van der Waals surface area (Å²) >= 11 is 0. The Kier molecular flexibility index (Phi) is 11.9. The van der Waals surface area contributed by atoms with Gasteiger partial charge in [0.2, 0.25) is 0 Å². The number of hydrogen-bond donors (Lipinski definition) is 1. The molecule has 2 aromatic carbocycles. The quantitative estimate of drug-likeness (QED) is 0.118. The fraction of sp³-hybridized carbons (Fsp3) is 0.407. The zero-order chi connectivity index (χ0) is 30.7. The van der Waals surface area contributed by atoms with E-state index in [0.717, 1.165) is 38.8 Å². The third kappa shape index (κ3) is 10.7. The Bertz CT molecular complexity index is 1310. The molecule has 2 aromatic rings. The van der Waals surface area contributed by atoms with Crippen LogP contribution in [0.5, 0.6) is 0 Å². The van der Waals surface area contributed by atoms with Gasteiger partial charge in [0.15, 0.2) is 18.3 Å². The van der Waals surface area contributed by atoms with Crippen molar-refractivity contribution in [3.8, 4) is 0 Å². The number of nitrogens with one attached hydrogen (secondary N) is 1. The summed E-state index contributed by atoms with van der Waals surface area (Å²) in [5.41, 5.74) is 2.96. The molecule has 41 heavy (non-hydrogen) atoms. The Morgan fingerprint density at radius 1 is 0.829 bits per heavy atom. The number of carbonyl (C=O) groups is 4. The minimum absolute atomic E-state index is 0.0860. The van der Waals surface area contributed by atoms with Crippen LogP contribution in [0.15, 0.2) is 46.6 Å². The Labute approximate surface area is 236 Å². The molecule has 1 N–H and O–H groups in total. The first-order valence-corrected chi connectivity index (χ1v) is 12.4. The predicted octanol–water partition coefficient (Wildman–Crippen LogP) is 4.40. The van der Waals surface area contributed by atoms with Crippen molar-refractivity contribution in [1.29, 1.82) is 0 Å². The molecule has 0 spiro atoms. The van der Waals surface area contributed by atoms with E-state index >= 15 is 0 Å². The third-order valence-corrected chi connectivity index (χ3v) is 5.56. The SMILES string of the molecule is CC(=O)OC[C@@H](OC(C)=O)[C@@H](OC(C)=O)[C@H](CNc1cc(C)c(C)cc1N=Nc1ccc([N+](=O)[O-])cc1)OC(C)=O. The van der Waals surface area contributed by atoms with Crippen molar-refractivity contribution in [2.24, 2.45) is 10.2 Å². The van der Waals surface area contributed by atoms with Gasteiger partial charge in [-0.3, -0.25) is 29.3 Å². The number of ether oxygens (including phenoxy) is 4. The van der Waals surface area contributed by atoms with Crippen LogP contribution in [-0.4, -0.2) is 60.3 Å². The van der Waals surface area contributed by atoms with E-state index in [-0.39, 0.29) is 12.2 Å². The highest BCUT2D eigenvalue weighted by molar-refractivity contribution is 5.70. The topological polar surface area (TPSA) is 185 Å². The third-order valence-electron chi connectivity index (χ3n) is 5.56. The number of carbonyl (C=O) groups excluding carboxylic acids is 4. The molecule has 0 aliphatic carbocycles. The van der Waals surface area contributed by atoms with E-state index in [9.17, 15) is 29.3 Å². The van der Waals surface area contributed by atoms with Crippen LogP contribution < -0.4 is 5.32 Å². The molecule has 0 bridgehead atoms. The lowest BCUT2D eigenvalue weighted by atomic mass is 10.1. The summed E-state index contributed by atoms with van der Waals surface area (Å²) in [6.07, 6.45) is -3.83. The van der Waals surface area contributed by atoms with E-state index < -0.39 is 53.7 Å². The van der Waals surface area contributed by atoms with E-state index in [2.05, 4.69) is 15.5 Å². The molecule has 0 unspecified atom stereocenters. The van der Waals surface area contributed by atoms with Crippen LogP contribution in [0, 0.1) is 24.0 Å². The number of benzene rings is 2. The molecule has 0 fully saturated rings. The van der Waals surface area contributed by atoms with Gasteiger partial charge in [0.1, 0.15) is 12.3 Å². The maximum absolute atomic E-state index is 12.0. The van der Waals surface area contributed by atoms with Crippen molar-refractivity contribution in [3.63, 3.8) is 0 Å². The maximum Gasteiger partial charge on any atom is 0.303 e. The van der Waals surface area contributed by atoms with Crippen LogP contribution in [0.25, 0.3) is 0 Å². The van der Waals surface area contributed by atoms with E-state index in [1.165, 1.54) is 24.3 Å². The fourth-order valence-electron chi connectivity index (χ4n) is 3.62. The van der Waals surface area contributed by atoms with Crippen molar-refractivity contribution >= 4 is 46.6 Å². The minimum atomic E-state index is -1.34. The molecule has 0 aliphatic heterocycles. The molecule has 220 valence electrons. The van der Waals surface area contributed by atoms with Gasteiger partial charge in [-0.1, -0.05) is 0 Å². The lowest BCUT2D eigenvalue weighted by molar-refractivity contribution is -0.384. The smallest absolute Gasteiger partial charge is 0.303 e. The molecular weight excluding hydrogens is 540 g/mol. The first kappa shape index (κ1) is 32.3. The minimum Gasteiger partial charge on any atom is -0.462 e. The second kappa shape index (κ2) is 15.1. The summed E-state index contributed by atoms with van der Waals surface area (Å²) in [6, 6.07) is 9.07. The zero-order valence-corrected chi connectivity index (χ0v) is 23.5. The molecule has 14 heteroatoms. The molecule has 0 radical (unpaired) electrons. The Hall–Kier alpha value is -4.88. The lowest BCUT2D eigenvalue weighted by Gasteiger charge is -2.32. The van der Waals surface area contributed by atoms with Gasteiger partial charge >= 0.3 is 23.9 Å². The first-order chi connectivity index (χ1) is 19.3. The number of rotatable bonds is 13. The second-order valence-electron chi connectivity index (χ2n) is 8.98. The standard InChI is InChI=1S/C27H32N4O10/c1-15-11-23(24(12-16(15)2)30-29-21-7-9-22(10-8-21)31(36)37)28-13-25(39-18(4)33)27(41-20(6)35)26(40-19(5)34)14-38-17(3)32/h7-12,25-28H,13-14H2,1-6H3/t25-,26+,27-/m0/s1. The van der Waals surface area contributed by atoms with Gasteiger partial charge in [-0.25, -0.2) is 0 Å². The highest BCUT2D eigenvalue weighted by Gasteiger charge is 2.38. The second-order valence-corrected chi connectivity index (χ2v) is 8.98. The average Bonchev–Trinajstić information content (AvgIpc) is 2.88. The van der Waals surface area contributed by atoms with Gasteiger partial charge in [-0.15, -0.1) is 5.11 Å². The summed E-state index contributed by atoms with van der Waals surface area (Å²) in [5, 5.41) is 22.5. The van der Waals surface area contributed by atoms with Crippen LogP contribution in [0.2, 0.25) is 0 Å². The summed E-state index contributed by atoms with van der Waals surface area (Å²) in [5.74, 6) is -2.86. The molecule has 0 aromatic heterocycles. The van der Waals surface area contributed by atoms with Crippen molar-refractivity contribution in [3.05, 3.63) is 57.6 Å². The van der Waals surface area contributed by atoms with Gasteiger partial charge in [-0.2, -0.15) is 5.11 Å². The van der Waals surface area contributed by atoms with Gasteiger partial charge < -0.3 is 24.3 Å². The average molecular weight is 573 g/mol. The molecule has 0 amide bonds. The molecule has 3 atom stereocenters. The van der Waals surface area contributed by atoms with Gasteiger partial charge in [-0.05, 0) is 49.2 Å². The lowest BCUT2D eigenvalue weighted by Crippen LogP contribution is -2.50. The number of nitrogens with zero attached hydrogens (tertiary/aromatic N) is 3. The molecular formula is C27H32N4O10. The molecule has 0 saturated carbocycles. The van der Waals surface area contributed by atoms with E-state index in [4.69, 9.17) is 18.9 Å². The number of esters is 4. The highest BCUT2D eigenvalue weighted by atomic mass is 16.6. The maximum atomic E-state index is 12.0. The Balaban J connectivity index is 2.41. The van der Waals surface area contributed by atoms with Crippen molar-refractivity contribution < 1.29 is 43.0 Å². The number of nitro benzene ring substituents is 1. The largest absolute Gasteiger partial charge is 0.462 e. The number of aryl methyl sites for hydroxylation is 2. The van der Waals surface area contributed by atoms with Crippen LogP contribution in [0.1, 0.15) is 38.8 Å². The molecule has 0 heterocycles. The van der Waals surface area contributed by atoms with Crippen molar-refractivity contribution in [2.45, 2.75) is 59.9 Å². The summed E-state index contributed by atoms with van der Waals surface area (Å²) in [4.78, 5) is 57.6. The number of nitro groups is 1. The van der Waals surface area contributed by atoms with Crippen LogP contribution >= 0.6 is 0 Å². The van der Waals surface area contributed by atoms with Crippen LogP contribution in [0.4, 0.5) is 22.7 Å². The number of azo groups is 1. The van der Waals surface area contributed by atoms with E-state index in [0.29, 0.717) is 17.1 Å². The fourth-order valence-corrected chi connectivity index (χ4v) is 3.62. The summed E-state index contributed by atoms with van der Waals surface area (Å²) < 4.78 is 21.1. The van der Waals surface area contributed by atoms with E-state index in [1.54, 1.807) is 12.1 Å². The number of non-ortho nitro benzene ring substituents is 1. The van der Waals surface area contributed by atoms with Gasteiger partial charge in [0.05, 0.1) is 22.8 Å². The monoisotopic (exact) mass is 572 g/mol. The molecule has 0 aliphatic rings. The van der Waals surface area contributed by atoms with Crippen molar-refractivity contribution in [1.82, 2.24) is 0 Å².